The molecule has 0 radical (unpaired) electrons. The van der Waals surface area contributed by atoms with E-state index in [9.17, 15) is 9.90 Å². The van der Waals surface area contributed by atoms with Crippen molar-refractivity contribution >= 4 is 5.97 Å². The molecule has 0 bridgehead atoms. The molecule has 3 nitrogen and oxygen atoms in total. The Labute approximate surface area is 125 Å². The SMILES string of the molecule is CCCCCCOC(CCC)(CCCCCC)C(=O)O. The molecule has 0 saturated carbocycles. The Kier molecular flexibility index (Phi) is 11.8. The van der Waals surface area contributed by atoms with Crippen molar-refractivity contribution < 1.29 is 14.6 Å². The normalized spacial score (nSPS) is 14.2. The molecule has 0 aliphatic heterocycles. The first-order valence-electron chi connectivity index (χ1n) is 8.50. The fourth-order valence-electron chi connectivity index (χ4n) is 2.58. The molecule has 1 N–H and O–H groups in total. The van der Waals surface area contributed by atoms with Gasteiger partial charge >= 0.3 is 5.97 Å². The highest BCUT2D eigenvalue weighted by atomic mass is 16.5. The molecule has 3 heteroatoms. The van der Waals surface area contributed by atoms with Crippen molar-refractivity contribution in [2.24, 2.45) is 0 Å². The number of hydrogen-bond acceptors (Lipinski definition) is 2. The second-order valence-electron chi connectivity index (χ2n) is 5.77. The van der Waals surface area contributed by atoms with E-state index in [1.165, 1.54) is 25.7 Å². The van der Waals surface area contributed by atoms with Crippen molar-refractivity contribution in [3.63, 3.8) is 0 Å². The summed E-state index contributed by atoms with van der Waals surface area (Å²) >= 11 is 0. The monoisotopic (exact) mass is 286 g/mol. The van der Waals surface area contributed by atoms with Crippen LogP contribution in [0.2, 0.25) is 0 Å². The summed E-state index contributed by atoms with van der Waals surface area (Å²) in [6, 6.07) is 0. The predicted octanol–water partition coefficient (Wildman–Crippen LogP) is 5.18. The van der Waals surface area contributed by atoms with Crippen molar-refractivity contribution in [3.8, 4) is 0 Å². The highest BCUT2D eigenvalue weighted by Gasteiger charge is 2.37. The minimum atomic E-state index is -0.936. The van der Waals surface area contributed by atoms with Crippen molar-refractivity contribution in [2.75, 3.05) is 6.61 Å². The Morgan fingerprint density at radius 3 is 1.95 bits per heavy atom. The standard InChI is InChI=1S/C17H34O3/c1-4-7-9-11-14-17(13-6-3,16(18)19)20-15-12-10-8-5-2/h4-15H2,1-3H3,(H,18,19). The van der Waals surface area contributed by atoms with Gasteiger partial charge in [0.05, 0.1) is 0 Å². The molecule has 0 amide bonds. The Morgan fingerprint density at radius 1 is 0.850 bits per heavy atom. The average molecular weight is 286 g/mol. The third-order valence-electron chi connectivity index (χ3n) is 3.85. The summed E-state index contributed by atoms with van der Waals surface area (Å²) in [5.41, 5.74) is -0.936. The number of unbranched alkanes of at least 4 members (excludes halogenated alkanes) is 6. The lowest BCUT2D eigenvalue weighted by atomic mass is 9.91. The maximum absolute atomic E-state index is 11.7. The lowest BCUT2D eigenvalue weighted by molar-refractivity contribution is -0.169. The lowest BCUT2D eigenvalue weighted by Gasteiger charge is -2.29. The first kappa shape index (κ1) is 19.4. The largest absolute Gasteiger partial charge is 0.479 e. The summed E-state index contributed by atoms with van der Waals surface area (Å²) in [4.78, 5) is 11.7. The summed E-state index contributed by atoms with van der Waals surface area (Å²) in [6.07, 6.45) is 11.0. The highest BCUT2D eigenvalue weighted by Crippen LogP contribution is 2.27. The molecule has 1 atom stereocenters. The van der Waals surface area contributed by atoms with Gasteiger partial charge in [-0.3, -0.25) is 0 Å². The van der Waals surface area contributed by atoms with Crippen molar-refractivity contribution in [2.45, 2.75) is 97.0 Å². The molecule has 0 aromatic carbocycles. The van der Waals surface area contributed by atoms with E-state index in [1.54, 1.807) is 0 Å². The van der Waals surface area contributed by atoms with E-state index in [4.69, 9.17) is 4.74 Å². The van der Waals surface area contributed by atoms with E-state index in [0.29, 0.717) is 19.4 Å². The molecule has 0 rings (SSSR count). The van der Waals surface area contributed by atoms with E-state index >= 15 is 0 Å². The predicted molar refractivity (Wildman–Crippen MR) is 84.1 cm³/mol. The fraction of sp³-hybridized carbons (Fsp3) is 0.941. The maximum Gasteiger partial charge on any atom is 0.335 e. The molecule has 0 fully saturated rings. The number of carbonyl (C=O) groups is 1. The second kappa shape index (κ2) is 12.2. The minimum absolute atomic E-state index is 0.583. The number of carboxylic acids is 1. The topological polar surface area (TPSA) is 46.5 Å². The Balaban J connectivity index is 4.31. The van der Waals surface area contributed by atoms with Gasteiger partial charge in [0.1, 0.15) is 0 Å². The molecule has 0 aliphatic carbocycles. The molecule has 0 aliphatic rings. The van der Waals surface area contributed by atoms with Crippen LogP contribution in [0.5, 0.6) is 0 Å². The lowest BCUT2D eigenvalue weighted by Crippen LogP contribution is -2.42. The molecule has 1 unspecified atom stereocenters. The van der Waals surface area contributed by atoms with Crippen LogP contribution in [-0.4, -0.2) is 23.3 Å². The average Bonchev–Trinajstić information content (AvgIpc) is 2.43. The van der Waals surface area contributed by atoms with Gasteiger partial charge in [-0.05, 0) is 25.7 Å². The van der Waals surface area contributed by atoms with Crippen LogP contribution in [0.3, 0.4) is 0 Å². The molecule has 0 saturated heterocycles. The minimum Gasteiger partial charge on any atom is -0.479 e. The van der Waals surface area contributed by atoms with Crippen LogP contribution in [0.1, 0.15) is 91.4 Å². The molecule has 0 heterocycles. The third-order valence-corrected chi connectivity index (χ3v) is 3.85. The van der Waals surface area contributed by atoms with Crippen molar-refractivity contribution in [1.29, 1.82) is 0 Å². The van der Waals surface area contributed by atoms with E-state index in [0.717, 1.165) is 32.1 Å². The summed E-state index contributed by atoms with van der Waals surface area (Å²) in [5, 5.41) is 9.59. The molecule has 120 valence electrons. The summed E-state index contributed by atoms with van der Waals surface area (Å²) in [6.45, 7) is 6.96. The fourth-order valence-corrected chi connectivity index (χ4v) is 2.58. The summed E-state index contributed by atoms with van der Waals surface area (Å²) in [7, 11) is 0. The van der Waals surface area contributed by atoms with E-state index in [-0.39, 0.29) is 0 Å². The first-order chi connectivity index (χ1) is 9.63. The molecular formula is C17H34O3. The van der Waals surface area contributed by atoms with Gasteiger partial charge in [0, 0.05) is 6.61 Å². The summed E-state index contributed by atoms with van der Waals surface area (Å²) < 4.78 is 5.86. The van der Waals surface area contributed by atoms with Crippen molar-refractivity contribution in [3.05, 3.63) is 0 Å². The van der Waals surface area contributed by atoms with Crippen LogP contribution in [0, 0.1) is 0 Å². The van der Waals surface area contributed by atoms with Gasteiger partial charge in [-0.25, -0.2) is 4.79 Å². The zero-order valence-electron chi connectivity index (χ0n) is 13.7. The Hall–Kier alpha value is -0.570. The first-order valence-corrected chi connectivity index (χ1v) is 8.50. The van der Waals surface area contributed by atoms with E-state index in [1.807, 2.05) is 6.92 Å². The highest BCUT2D eigenvalue weighted by molar-refractivity contribution is 5.77. The van der Waals surface area contributed by atoms with Gasteiger partial charge in [0.2, 0.25) is 0 Å². The van der Waals surface area contributed by atoms with Gasteiger partial charge < -0.3 is 9.84 Å². The number of ether oxygens (including phenoxy) is 1. The van der Waals surface area contributed by atoms with Crippen LogP contribution in [0.15, 0.2) is 0 Å². The third kappa shape index (κ3) is 7.88. The molecule has 0 aromatic rings. The number of rotatable bonds is 14. The summed E-state index contributed by atoms with van der Waals surface area (Å²) in [5.74, 6) is -0.772. The molecule has 0 aromatic heterocycles. The zero-order valence-corrected chi connectivity index (χ0v) is 13.7. The Bertz CT molecular complexity index is 240. The number of hydrogen-bond donors (Lipinski definition) is 1. The van der Waals surface area contributed by atoms with Crippen LogP contribution in [0.4, 0.5) is 0 Å². The van der Waals surface area contributed by atoms with Crippen molar-refractivity contribution in [1.82, 2.24) is 0 Å². The number of carboxylic acid groups (broad SMARTS) is 1. The van der Waals surface area contributed by atoms with Gasteiger partial charge in [-0.1, -0.05) is 65.7 Å². The number of aliphatic carboxylic acids is 1. The molecule has 0 spiro atoms. The Morgan fingerprint density at radius 2 is 1.45 bits per heavy atom. The smallest absolute Gasteiger partial charge is 0.335 e. The van der Waals surface area contributed by atoms with Gasteiger partial charge in [0.25, 0.3) is 0 Å². The second-order valence-corrected chi connectivity index (χ2v) is 5.77. The van der Waals surface area contributed by atoms with Crippen LogP contribution < -0.4 is 0 Å². The van der Waals surface area contributed by atoms with Crippen LogP contribution in [-0.2, 0) is 9.53 Å². The zero-order chi connectivity index (χ0) is 15.3. The van der Waals surface area contributed by atoms with Gasteiger partial charge in [0.15, 0.2) is 5.60 Å². The quantitative estimate of drug-likeness (QED) is 0.448. The van der Waals surface area contributed by atoms with Crippen LogP contribution >= 0.6 is 0 Å². The van der Waals surface area contributed by atoms with Crippen LogP contribution in [0.25, 0.3) is 0 Å². The molecular weight excluding hydrogens is 252 g/mol. The van der Waals surface area contributed by atoms with E-state index in [2.05, 4.69) is 13.8 Å². The van der Waals surface area contributed by atoms with E-state index < -0.39 is 11.6 Å². The molecule has 20 heavy (non-hydrogen) atoms. The van der Waals surface area contributed by atoms with Gasteiger partial charge in [-0.15, -0.1) is 0 Å². The maximum atomic E-state index is 11.7. The van der Waals surface area contributed by atoms with Gasteiger partial charge in [-0.2, -0.15) is 0 Å².